The first-order chi connectivity index (χ1) is 6.70. The summed E-state index contributed by atoms with van der Waals surface area (Å²) in [6.45, 7) is 0. The lowest BCUT2D eigenvalue weighted by molar-refractivity contribution is 0.0870. The van der Waals surface area contributed by atoms with Crippen molar-refractivity contribution in [3.63, 3.8) is 0 Å². The topological polar surface area (TPSA) is 44.2 Å². The highest BCUT2D eigenvalue weighted by Gasteiger charge is 2.22. The van der Waals surface area contributed by atoms with E-state index in [4.69, 9.17) is 5.41 Å². The molecule has 0 saturated carbocycles. The monoisotopic (exact) mass is 188 g/mol. The summed E-state index contributed by atoms with van der Waals surface area (Å²) in [5.41, 5.74) is 1.78. The van der Waals surface area contributed by atoms with Crippen LogP contribution in [-0.2, 0) is 6.42 Å². The first-order valence-corrected chi connectivity index (χ1v) is 4.63. The zero-order valence-electron chi connectivity index (χ0n) is 8.08. The minimum Gasteiger partial charge on any atom is -0.300 e. The van der Waals surface area contributed by atoms with Crippen LogP contribution in [0.1, 0.15) is 22.3 Å². The average Bonchev–Trinajstić information content (AvgIpc) is 2.32. The van der Waals surface area contributed by atoms with Gasteiger partial charge in [0.1, 0.15) is 5.84 Å². The second kappa shape index (κ2) is 3.25. The molecule has 0 bridgehead atoms. The molecule has 0 unspecified atom stereocenters. The van der Waals surface area contributed by atoms with Gasteiger partial charge in [-0.2, -0.15) is 0 Å². The second-order valence-electron chi connectivity index (χ2n) is 3.47. The number of nitrogens with zero attached hydrogens (tertiary/aromatic N) is 1. The van der Waals surface area contributed by atoms with E-state index in [1.807, 2.05) is 24.3 Å². The number of fused-ring (bicyclic) bond motifs is 1. The van der Waals surface area contributed by atoms with Crippen molar-refractivity contribution in [2.75, 3.05) is 7.05 Å². The molecule has 0 aliphatic carbocycles. The number of hydrogen-bond donors (Lipinski definition) is 1. The van der Waals surface area contributed by atoms with Gasteiger partial charge < -0.3 is 0 Å². The molecule has 0 radical (unpaired) electrons. The Kier molecular flexibility index (Phi) is 2.08. The highest BCUT2D eigenvalue weighted by Crippen LogP contribution is 2.17. The Bertz CT molecular complexity index is 398. The van der Waals surface area contributed by atoms with Gasteiger partial charge in [0.25, 0.3) is 5.91 Å². The highest BCUT2D eigenvalue weighted by atomic mass is 16.2. The summed E-state index contributed by atoms with van der Waals surface area (Å²) < 4.78 is 0. The SMILES string of the molecule is CN1C(=N)CCc2ccccc2C1=O. The minimum atomic E-state index is -0.0666. The van der Waals surface area contributed by atoms with Gasteiger partial charge in [0.2, 0.25) is 0 Å². The maximum atomic E-state index is 11.8. The number of aryl methyl sites for hydroxylation is 1. The van der Waals surface area contributed by atoms with Gasteiger partial charge in [0, 0.05) is 19.0 Å². The summed E-state index contributed by atoms with van der Waals surface area (Å²) in [4.78, 5) is 13.3. The Balaban J connectivity index is 2.50. The molecule has 1 amide bonds. The highest BCUT2D eigenvalue weighted by molar-refractivity contribution is 6.07. The lowest BCUT2D eigenvalue weighted by Gasteiger charge is -2.14. The number of amidine groups is 1. The van der Waals surface area contributed by atoms with Gasteiger partial charge in [0.05, 0.1) is 0 Å². The fraction of sp³-hybridized carbons (Fsp3) is 0.273. The third kappa shape index (κ3) is 1.31. The standard InChI is InChI=1S/C11H12N2O/c1-13-10(12)7-6-8-4-2-3-5-9(8)11(13)14/h2-5,12H,6-7H2,1H3. The largest absolute Gasteiger partial charge is 0.300 e. The lowest BCUT2D eigenvalue weighted by Crippen LogP contribution is -2.30. The zero-order chi connectivity index (χ0) is 10.1. The van der Waals surface area contributed by atoms with Crippen LogP contribution in [-0.4, -0.2) is 23.7 Å². The van der Waals surface area contributed by atoms with E-state index < -0.39 is 0 Å². The Morgan fingerprint density at radius 1 is 1.29 bits per heavy atom. The summed E-state index contributed by atoms with van der Waals surface area (Å²) in [5, 5.41) is 7.65. The van der Waals surface area contributed by atoms with Crippen molar-refractivity contribution in [3.05, 3.63) is 35.4 Å². The van der Waals surface area contributed by atoms with Crippen molar-refractivity contribution in [1.82, 2.24) is 4.90 Å². The Labute approximate surface area is 82.9 Å². The van der Waals surface area contributed by atoms with E-state index in [2.05, 4.69) is 0 Å². The molecule has 3 heteroatoms. The summed E-state index contributed by atoms with van der Waals surface area (Å²) in [6.07, 6.45) is 1.42. The van der Waals surface area contributed by atoms with E-state index in [0.717, 1.165) is 17.5 Å². The third-order valence-electron chi connectivity index (χ3n) is 2.59. The predicted octanol–water partition coefficient (Wildman–Crippen LogP) is 1.68. The van der Waals surface area contributed by atoms with E-state index in [-0.39, 0.29) is 5.91 Å². The molecular weight excluding hydrogens is 176 g/mol. The number of hydrogen-bond acceptors (Lipinski definition) is 2. The molecule has 14 heavy (non-hydrogen) atoms. The normalized spacial score (nSPS) is 16.5. The van der Waals surface area contributed by atoms with Crippen LogP contribution in [0.2, 0.25) is 0 Å². The van der Waals surface area contributed by atoms with E-state index in [0.29, 0.717) is 12.3 Å². The van der Waals surface area contributed by atoms with Gasteiger partial charge in [-0.05, 0) is 18.1 Å². The summed E-state index contributed by atoms with van der Waals surface area (Å²) >= 11 is 0. The third-order valence-corrected chi connectivity index (χ3v) is 2.59. The van der Waals surface area contributed by atoms with Crippen molar-refractivity contribution < 1.29 is 4.79 Å². The Morgan fingerprint density at radius 3 is 2.79 bits per heavy atom. The van der Waals surface area contributed by atoms with Gasteiger partial charge in [-0.25, -0.2) is 0 Å². The predicted molar refractivity (Wildman–Crippen MR) is 54.6 cm³/mol. The Hall–Kier alpha value is -1.64. The van der Waals surface area contributed by atoms with Crippen molar-refractivity contribution in [3.8, 4) is 0 Å². The van der Waals surface area contributed by atoms with Crippen molar-refractivity contribution in [1.29, 1.82) is 5.41 Å². The molecule has 1 heterocycles. The molecule has 1 aromatic rings. The first kappa shape index (κ1) is 8.94. The molecule has 3 nitrogen and oxygen atoms in total. The Morgan fingerprint density at radius 2 is 2.00 bits per heavy atom. The molecule has 2 rings (SSSR count). The lowest BCUT2D eigenvalue weighted by atomic mass is 10.0. The smallest absolute Gasteiger partial charge is 0.259 e. The van der Waals surface area contributed by atoms with Crippen molar-refractivity contribution in [2.45, 2.75) is 12.8 Å². The molecule has 0 saturated heterocycles. The number of rotatable bonds is 0. The van der Waals surface area contributed by atoms with Crippen molar-refractivity contribution >= 4 is 11.7 Å². The van der Waals surface area contributed by atoms with E-state index in [1.165, 1.54) is 4.90 Å². The number of carbonyl (C=O) groups is 1. The van der Waals surface area contributed by atoms with Crippen LogP contribution in [0, 0.1) is 5.41 Å². The maximum Gasteiger partial charge on any atom is 0.259 e. The average molecular weight is 188 g/mol. The molecular formula is C11H12N2O. The number of benzene rings is 1. The summed E-state index contributed by atoms with van der Waals surface area (Å²) in [5.74, 6) is 0.328. The minimum absolute atomic E-state index is 0.0666. The number of amides is 1. The fourth-order valence-electron chi connectivity index (χ4n) is 1.67. The van der Waals surface area contributed by atoms with Crippen LogP contribution in [0.4, 0.5) is 0 Å². The molecule has 1 aliphatic rings. The van der Waals surface area contributed by atoms with E-state index in [9.17, 15) is 4.79 Å². The number of carbonyl (C=O) groups excluding carboxylic acids is 1. The van der Waals surface area contributed by atoms with Gasteiger partial charge in [-0.15, -0.1) is 0 Å². The molecule has 0 aromatic heterocycles. The molecule has 0 spiro atoms. The quantitative estimate of drug-likeness (QED) is 0.661. The van der Waals surface area contributed by atoms with Crippen LogP contribution in [0.15, 0.2) is 24.3 Å². The van der Waals surface area contributed by atoms with Crippen molar-refractivity contribution in [2.24, 2.45) is 0 Å². The fourth-order valence-corrected chi connectivity index (χ4v) is 1.67. The summed E-state index contributed by atoms with van der Waals surface area (Å²) in [7, 11) is 1.66. The molecule has 1 aromatic carbocycles. The number of nitrogens with one attached hydrogen (secondary N) is 1. The molecule has 72 valence electrons. The summed E-state index contributed by atoms with van der Waals surface area (Å²) in [6, 6.07) is 7.58. The molecule has 0 atom stereocenters. The molecule has 1 aliphatic heterocycles. The van der Waals surface area contributed by atoms with E-state index >= 15 is 0 Å². The van der Waals surface area contributed by atoms with Gasteiger partial charge in [-0.1, -0.05) is 18.2 Å². The van der Waals surface area contributed by atoms with Crippen LogP contribution < -0.4 is 0 Å². The molecule has 1 N–H and O–H groups in total. The van der Waals surface area contributed by atoms with E-state index in [1.54, 1.807) is 7.05 Å². The maximum absolute atomic E-state index is 11.8. The van der Waals surface area contributed by atoms with Crippen LogP contribution in [0.3, 0.4) is 0 Å². The zero-order valence-corrected chi connectivity index (χ0v) is 8.08. The van der Waals surface area contributed by atoms with Crippen LogP contribution in [0.5, 0.6) is 0 Å². The second-order valence-corrected chi connectivity index (χ2v) is 3.47. The van der Waals surface area contributed by atoms with Crippen LogP contribution in [0.25, 0.3) is 0 Å². The van der Waals surface area contributed by atoms with Gasteiger partial charge in [-0.3, -0.25) is 15.1 Å². The van der Waals surface area contributed by atoms with Crippen LogP contribution >= 0.6 is 0 Å². The molecule has 0 fully saturated rings. The first-order valence-electron chi connectivity index (χ1n) is 4.63. The van der Waals surface area contributed by atoms with Gasteiger partial charge >= 0.3 is 0 Å². The van der Waals surface area contributed by atoms with Gasteiger partial charge in [0.15, 0.2) is 0 Å².